The average Bonchev–Trinajstić information content (AvgIpc) is 2.39. The van der Waals surface area contributed by atoms with Gasteiger partial charge in [0.2, 0.25) is 0 Å². The molecular weight excluding hydrogens is 222 g/mol. The van der Waals surface area contributed by atoms with Gasteiger partial charge in [-0.25, -0.2) is 0 Å². The molecule has 2 heteroatoms. The Balaban J connectivity index is 2.23. The van der Waals surface area contributed by atoms with Crippen molar-refractivity contribution >= 4 is 5.69 Å². The number of anilines is 1. The number of hydrogen-bond acceptors (Lipinski definition) is 2. The fourth-order valence-corrected chi connectivity index (χ4v) is 1.90. The zero-order chi connectivity index (χ0) is 13.1. The molecule has 18 heavy (non-hydrogen) atoms. The minimum atomic E-state index is -0.554. The SMILES string of the molecule is Cc1ccc([C@H](O)c2ccc(N(C)C)cc2)cc1. The monoisotopic (exact) mass is 241 g/mol. The smallest absolute Gasteiger partial charge is 0.104 e. The predicted molar refractivity (Wildman–Crippen MR) is 76.0 cm³/mol. The molecule has 0 saturated heterocycles. The maximum Gasteiger partial charge on any atom is 0.104 e. The van der Waals surface area contributed by atoms with Crippen molar-refractivity contribution in [2.75, 3.05) is 19.0 Å². The number of benzene rings is 2. The number of aryl methyl sites for hydroxylation is 1. The van der Waals surface area contributed by atoms with Crippen molar-refractivity contribution in [1.82, 2.24) is 0 Å². The topological polar surface area (TPSA) is 23.5 Å². The van der Waals surface area contributed by atoms with Gasteiger partial charge in [0.05, 0.1) is 0 Å². The number of aliphatic hydroxyl groups is 1. The first-order valence-electron chi connectivity index (χ1n) is 6.10. The van der Waals surface area contributed by atoms with Crippen LogP contribution in [-0.2, 0) is 0 Å². The summed E-state index contributed by atoms with van der Waals surface area (Å²) in [6.45, 7) is 2.04. The van der Waals surface area contributed by atoms with Crippen LogP contribution in [0.2, 0.25) is 0 Å². The van der Waals surface area contributed by atoms with Gasteiger partial charge in [0.25, 0.3) is 0 Å². The second-order valence-electron chi connectivity index (χ2n) is 4.80. The summed E-state index contributed by atoms with van der Waals surface area (Å²) < 4.78 is 0. The lowest BCUT2D eigenvalue weighted by Gasteiger charge is -2.15. The van der Waals surface area contributed by atoms with Crippen LogP contribution < -0.4 is 4.90 Å². The minimum absolute atomic E-state index is 0.554. The maximum absolute atomic E-state index is 10.3. The Morgan fingerprint density at radius 3 is 1.72 bits per heavy atom. The van der Waals surface area contributed by atoms with Crippen LogP contribution >= 0.6 is 0 Å². The first kappa shape index (κ1) is 12.7. The molecule has 0 fully saturated rings. The molecule has 1 N–H and O–H groups in total. The van der Waals surface area contributed by atoms with E-state index in [0.717, 1.165) is 16.8 Å². The molecule has 0 unspecified atom stereocenters. The molecule has 0 aliphatic heterocycles. The fraction of sp³-hybridized carbons (Fsp3) is 0.250. The molecule has 2 aromatic carbocycles. The van der Waals surface area contributed by atoms with Crippen molar-refractivity contribution in [2.24, 2.45) is 0 Å². The second-order valence-corrected chi connectivity index (χ2v) is 4.80. The van der Waals surface area contributed by atoms with E-state index in [1.165, 1.54) is 5.56 Å². The van der Waals surface area contributed by atoms with Crippen molar-refractivity contribution in [3.05, 3.63) is 65.2 Å². The zero-order valence-corrected chi connectivity index (χ0v) is 11.1. The van der Waals surface area contributed by atoms with Gasteiger partial charge in [0.1, 0.15) is 6.10 Å². The van der Waals surface area contributed by atoms with Crippen LogP contribution in [0, 0.1) is 6.92 Å². The van der Waals surface area contributed by atoms with Gasteiger partial charge in [-0.3, -0.25) is 0 Å². The molecule has 0 aliphatic carbocycles. The molecule has 0 heterocycles. The van der Waals surface area contributed by atoms with Gasteiger partial charge < -0.3 is 10.0 Å². The van der Waals surface area contributed by atoms with Crippen LogP contribution in [0.25, 0.3) is 0 Å². The molecule has 2 rings (SSSR count). The molecule has 1 atom stereocenters. The summed E-state index contributed by atoms with van der Waals surface area (Å²) in [6, 6.07) is 16.0. The van der Waals surface area contributed by atoms with Gasteiger partial charge in [-0.1, -0.05) is 42.0 Å². The van der Waals surface area contributed by atoms with E-state index in [4.69, 9.17) is 0 Å². The van der Waals surface area contributed by atoms with Crippen LogP contribution in [0.1, 0.15) is 22.8 Å². The van der Waals surface area contributed by atoms with E-state index in [1.807, 2.05) is 74.4 Å². The highest BCUT2D eigenvalue weighted by Crippen LogP contribution is 2.24. The van der Waals surface area contributed by atoms with Gasteiger partial charge in [-0.2, -0.15) is 0 Å². The van der Waals surface area contributed by atoms with Gasteiger partial charge in [-0.15, -0.1) is 0 Å². The number of aliphatic hydroxyl groups excluding tert-OH is 1. The van der Waals surface area contributed by atoms with Crippen LogP contribution in [0.4, 0.5) is 5.69 Å². The normalized spacial score (nSPS) is 12.2. The quantitative estimate of drug-likeness (QED) is 0.892. The Labute approximate surface area is 109 Å². The third kappa shape index (κ3) is 2.71. The molecule has 2 nitrogen and oxygen atoms in total. The Morgan fingerprint density at radius 2 is 1.28 bits per heavy atom. The van der Waals surface area contributed by atoms with Crippen LogP contribution in [-0.4, -0.2) is 19.2 Å². The van der Waals surface area contributed by atoms with Crippen LogP contribution in [0.15, 0.2) is 48.5 Å². The van der Waals surface area contributed by atoms with Crippen molar-refractivity contribution in [2.45, 2.75) is 13.0 Å². The van der Waals surface area contributed by atoms with Gasteiger partial charge in [0.15, 0.2) is 0 Å². The molecule has 94 valence electrons. The van der Waals surface area contributed by atoms with E-state index in [9.17, 15) is 5.11 Å². The van der Waals surface area contributed by atoms with Crippen LogP contribution in [0.5, 0.6) is 0 Å². The minimum Gasteiger partial charge on any atom is -0.384 e. The molecule has 0 aliphatic rings. The summed E-state index contributed by atoms with van der Waals surface area (Å²) in [5.74, 6) is 0. The Morgan fingerprint density at radius 1 is 0.833 bits per heavy atom. The van der Waals surface area contributed by atoms with Gasteiger partial charge in [0, 0.05) is 19.8 Å². The lowest BCUT2D eigenvalue weighted by molar-refractivity contribution is 0.220. The first-order chi connectivity index (χ1) is 8.58. The molecule has 0 aromatic heterocycles. The summed E-state index contributed by atoms with van der Waals surface area (Å²) in [5.41, 5.74) is 4.19. The summed E-state index contributed by atoms with van der Waals surface area (Å²) >= 11 is 0. The van der Waals surface area contributed by atoms with E-state index < -0.39 is 6.10 Å². The van der Waals surface area contributed by atoms with Crippen molar-refractivity contribution < 1.29 is 5.11 Å². The first-order valence-corrected chi connectivity index (χ1v) is 6.10. The lowest BCUT2D eigenvalue weighted by atomic mass is 10.0. The summed E-state index contributed by atoms with van der Waals surface area (Å²) in [5, 5.41) is 10.3. The Kier molecular flexibility index (Phi) is 3.68. The summed E-state index contributed by atoms with van der Waals surface area (Å²) in [6.07, 6.45) is -0.554. The number of hydrogen-bond donors (Lipinski definition) is 1. The highest BCUT2D eigenvalue weighted by atomic mass is 16.3. The maximum atomic E-state index is 10.3. The predicted octanol–water partition coefficient (Wildman–Crippen LogP) is 3.14. The molecule has 0 bridgehead atoms. The molecule has 0 radical (unpaired) electrons. The Bertz CT molecular complexity index is 500. The Hall–Kier alpha value is -1.80. The molecule has 2 aromatic rings. The second kappa shape index (κ2) is 5.23. The van der Waals surface area contributed by atoms with Gasteiger partial charge >= 0.3 is 0 Å². The molecule has 0 spiro atoms. The standard InChI is InChI=1S/C16H19NO/c1-12-4-6-13(7-5-12)16(18)14-8-10-15(11-9-14)17(2)3/h4-11,16,18H,1-3H3/t16-/m0/s1. The largest absolute Gasteiger partial charge is 0.384 e. The summed E-state index contributed by atoms with van der Waals surface area (Å²) in [4.78, 5) is 2.04. The van der Waals surface area contributed by atoms with E-state index >= 15 is 0 Å². The number of nitrogens with zero attached hydrogens (tertiary/aromatic N) is 1. The molecule has 0 amide bonds. The average molecular weight is 241 g/mol. The number of rotatable bonds is 3. The van der Waals surface area contributed by atoms with Crippen molar-refractivity contribution in [3.8, 4) is 0 Å². The third-order valence-electron chi connectivity index (χ3n) is 3.12. The van der Waals surface area contributed by atoms with E-state index in [1.54, 1.807) is 0 Å². The molecule has 0 saturated carbocycles. The zero-order valence-electron chi connectivity index (χ0n) is 11.1. The van der Waals surface area contributed by atoms with Crippen LogP contribution in [0.3, 0.4) is 0 Å². The van der Waals surface area contributed by atoms with E-state index in [0.29, 0.717) is 0 Å². The van der Waals surface area contributed by atoms with Gasteiger partial charge in [-0.05, 0) is 30.2 Å². The molecular formula is C16H19NO. The summed E-state index contributed by atoms with van der Waals surface area (Å²) in [7, 11) is 4.01. The third-order valence-corrected chi connectivity index (χ3v) is 3.12. The van der Waals surface area contributed by atoms with Crippen molar-refractivity contribution in [1.29, 1.82) is 0 Å². The highest BCUT2D eigenvalue weighted by Gasteiger charge is 2.09. The van der Waals surface area contributed by atoms with E-state index in [2.05, 4.69) is 0 Å². The van der Waals surface area contributed by atoms with Crippen molar-refractivity contribution in [3.63, 3.8) is 0 Å². The van der Waals surface area contributed by atoms with E-state index in [-0.39, 0.29) is 0 Å². The highest BCUT2D eigenvalue weighted by molar-refractivity contribution is 5.47. The fourth-order valence-electron chi connectivity index (χ4n) is 1.90. The lowest BCUT2D eigenvalue weighted by Crippen LogP contribution is -2.08.